The van der Waals surface area contributed by atoms with Crippen LogP contribution in [0.3, 0.4) is 0 Å². The zero-order valence-corrected chi connectivity index (χ0v) is 12.9. The van der Waals surface area contributed by atoms with Crippen LogP contribution in [0.5, 0.6) is 0 Å². The van der Waals surface area contributed by atoms with Crippen molar-refractivity contribution in [1.29, 1.82) is 0 Å². The molecular formula is C15H14ClN3O3. The second-order valence-corrected chi connectivity index (χ2v) is 5.20. The minimum atomic E-state index is -0.481. The number of halogens is 1. The summed E-state index contributed by atoms with van der Waals surface area (Å²) in [7, 11) is 1.57. The molecule has 0 radical (unpaired) electrons. The number of rotatable bonds is 5. The van der Waals surface area contributed by atoms with Crippen LogP contribution in [0.1, 0.15) is 34.8 Å². The second kappa shape index (κ2) is 6.29. The van der Waals surface area contributed by atoms with Gasteiger partial charge >= 0.3 is 0 Å². The molecule has 22 heavy (non-hydrogen) atoms. The fourth-order valence-corrected chi connectivity index (χ4v) is 2.40. The lowest BCUT2D eigenvalue weighted by Gasteiger charge is -2.12. The summed E-state index contributed by atoms with van der Waals surface area (Å²) in [5.41, 5.74) is 1.52. The van der Waals surface area contributed by atoms with Crippen molar-refractivity contribution < 1.29 is 13.8 Å². The van der Waals surface area contributed by atoms with E-state index in [1.807, 2.05) is 31.2 Å². The third kappa shape index (κ3) is 3.03. The van der Waals surface area contributed by atoms with Gasteiger partial charge in [-0.3, -0.25) is 0 Å². The minimum Gasteiger partial charge on any atom is -0.368 e. The van der Waals surface area contributed by atoms with Gasteiger partial charge < -0.3 is 13.8 Å². The normalized spacial score (nSPS) is 12.5. The van der Waals surface area contributed by atoms with Crippen LogP contribution in [0.4, 0.5) is 0 Å². The maximum Gasteiger partial charge on any atom is 0.232 e. The van der Waals surface area contributed by atoms with Crippen LogP contribution in [0.15, 0.2) is 39.4 Å². The Hall–Kier alpha value is -2.18. The predicted octanol–water partition coefficient (Wildman–Crippen LogP) is 3.35. The maximum absolute atomic E-state index is 6.20. The van der Waals surface area contributed by atoms with Crippen molar-refractivity contribution in [3.8, 4) is 0 Å². The first-order valence-corrected chi connectivity index (χ1v) is 7.07. The zero-order valence-electron chi connectivity index (χ0n) is 12.1. The Bertz CT molecular complexity index is 769. The third-order valence-electron chi connectivity index (χ3n) is 3.15. The number of methoxy groups -OCH3 is 1. The van der Waals surface area contributed by atoms with Crippen molar-refractivity contribution in [2.45, 2.75) is 19.4 Å². The monoisotopic (exact) mass is 319 g/mol. The lowest BCUT2D eigenvalue weighted by molar-refractivity contribution is 0.126. The molecule has 0 N–H and O–H groups in total. The van der Waals surface area contributed by atoms with Gasteiger partial charge in [0, 0.05) is 23.8 Å². The summed E-state index contributed by atoms with van der Waals surface area (Å²) in [6.45, 7) is 1.83. The number of hydrogen-bond acceptors (Lipinski definition) is 6. The van der Waals surface area contributed by atoms with E-state index in [9.17, 15) is 0 Å². The van der Waals surface area contributed by atoms with Gasteiger partial charge in [0.05, 0.1) is 12.1 Å². The Balaban J connectivity index is 1.84. The molecule has 0 aliphatic carbocycles. The van der Waals surface area contributed by atoms with Crippen LogP contribution in [-0.2, 0) is 11.2 Å². The van der Waals surface area contributed by atoms with E-state index >= 15 is 0 Å². The van der Waals surface area contributed by atoms with E-state index < -0.39 is 6.10 Å². The molecule has 3 rings (SSSR count). The summed E-state index contributed by atoms with van der Waals surface area (Å²) in [5, 5.41) is 8.47. The number of aryl methyl sites for hydroxylation is 1. The fraction of sp³-hybridized carbons (Fsp3) is 0.267. The molecule has 0 fully saturated rings. The summed E-state index contributed by atoms with van der Waals surface area (Å²) in [4.78, 5) is 4.36. The standard InChI is InChI=1S/C15H14ClN3O3/c1-9-7-10(18-21-9)8-13-17-15(19-22-13)14(20-2)11-5-3-4-6-12(11)16/h3-7,14H,8H2,1-2H3. The Morgan fingerprint density at radius 1 is 1.23 bits per heavy atom. The van der Waals surface area contributed by atoms with Gasteiger partial charge in [0.15, 0.2) is 0 Å². The van der Waals surface area contributed by atoms with Gasteiger partial charge in [0.1, 0.15) is 11.9 Å². The summed E-state index contributed by atoms with van der Waals surface area (Å²) in [6, 6.07) is 9.22. The quantitative estimate of drug-likeness (QED) is 0.718. The molecule has 114 valence electrons. The highest BCUT2D eigenvalue weighted by molar-refractivity contribution is 6.31. The topological polar surface area (TPSA) is 74.2 Å². The Morgan fingerprint density at radius 3 is 2.73 bits per heavy atom. The molecule has 1 aromatic carbocycles. The van der Waals surface area contributed by atoms with Gasteiger partial charge in [0.25, 0.3) is 0 Å². The van der Waals surface area contributed by atoms with E-state index in [2.05, 4.69) is 15.3 Å². The van der Waals surface area contributed by atoms with Crippen molar-refractivity contribution in [2.75, 3.05) is 7.11 Å². The van der Waals surface area contributed by atoms with Gasteiger partial charge in [-0.1, -0.05) is 40.1 Å². The highest BCUT2D eigenvalue weighted by Gasteiger charge is 2.22. The first kappa shape index (κ1) is 14.7. The minimum absolute atomic E-state index is 0.406. The van der Waals surface area contributed by atoms with Crippen LogP contribution in [0, 0.1) is 6.92 Å². The number of aromatic nitrogens is 3. The van der Waals surface area contributed by atoms with E-state index in [1.54, 1.807) is 13.2 Å². The van der Waals surface area contributed by atoms with Crippen LogP contribution < -0.4 is 0 Å². The number of nitrogens with zero attached hydrogens (tertiary/aromatic N) is 3. The second-order valence-electron chi connectivity index (χ2n) is 4.79. The van der Waals surface area contributed by atoms with E-state index in [-0.39, 0.29) is 0 Å². The molecule has 2 aromatic heterocycles. The molecule has 0 saturated heterocycles. The van der Waals surface area contributed by atoms with Crippen molar-refractivity contribution >= 4 is 11.6 Å². The van der Waals surface area contributed by atoms with Gasteiger partial charge in [-0.15, -0.1) is 0 Å². The summed E-state index contributed by atoms with van der Waals surface area (Å²) >= 11 is 6.20. The molecule has 0 amide bonds. The fourth-order valence-electron chi connectivity index (χ4n) is 2.16. The van der Waals surface area contributed by atoms with Crippen molar-refractivity contribution in [3.63, 3.8) is 0 Å². The van der Waals surface area contributed by atoms with Crippen molar-refractivity contribution in [2.24, 2.45) is 0 Å². The van der Waals surface area contributed by atoms with Gasteiger partial charge in [-0.2, -0.15) is 4.98 Å². The predicted molar refractivity (Wildman–Crippen MR) is 78.6 cm³/mol. The average Bonchev–Trinajstić information content (AvgIpc) is 3.12. The molecule has 0 aliphatic heterocycles. The van der Waals surface area contributed by atoms with Crippen LogP contribution in [0.2, 0.25) is 5.02 Å². The summed E-state index contributed by atoms with van der Waals surface area (Å²) < 4.78 is 15.7. The van der Waals surface area contributed by atoms with Gasteiger partial charge in [-0.05, 0) is 13.0 Å². The number of benzene rings is 1. The molecule has 1 unspecified atom stereocenters. The molecular weight excluding hydrogens is 306 g/mol. The largest absolute Gasteiger partial charge is 0.368 e. The lowest BCUT2D eigenvalue weighted by Crippen LogP contribution is -2.06. The summed E-state index contributed by atoms with van der Waals surface area (Å²) in [5.74, 6) is 1.60. The van der Waals surface area contributed by atoms with E-state index in [0.717, 1.165) is 17.0 Å². The van der Waals surface area contributed by atoms with Crippen LogP contribution in [-0.4, -0.2) is 22.4 Å². The highest BCUT2D eigenvalue weighted by atomic mass is 35.5. The molecule has 0 saturated carbocycles. The molecule has 3 aromatic rings. The maximum atomic E-state index is 6.20. The Morgan fingerprint density at radius 2 is 2.05 bits per heavy atom. The molecule has 1 atom stereocenters. The third-order valence-corrected chi connectivity index (χ3v) is 3.50. The first-order chi connectivity index (χ1) is 10.7. The highest BCUT2D eigenvalue weighted by Crippen LogP contribution is 2.29. The molecule has 0 bridgehead atoms. The van der Waals surface area contributed by atoms with Crippen LogP contribution in [0.25, 0.3) is 0 Å². The molecule has 0 aliphatic rings. The van der Waals surface area contributed by atoms with E-state index in [4.69, 9.17) is 25.4 Å². The van der Waals surface area contributed by atoms with Crippen LogP contribution >= 0.6 is 11.6 Å². The van der Waals surface area contributed by atoms with Crippen molar-refractivity contribution in [1.82, 2.24) is 15.3 Å². The van der Waals surface area contributed by atoms with Crippen molar-refractivity contribution in [3.05, 3.63) is 64.1 Å². The lowest BCUT2D eigenvalue weighted by atomic mass is 10.1. The molecule has 0 spiro atoms. The molecule has 6 nitrogen and oxygen atoms in total. The Kier molecular flexibility index (Phi) is 4.22. The Labute approximate surface area is 132 Å². The average molecular weight is 320 g/mol. The SMILES string of the molecule is COC(c1noc(Cc2cc(C)on2)n1)c1ccccc1Cl. The van der Waals surface area contributed by atoms with Gasteiger partial charge in [0.2, 0.25) is 11.7 Å². The van der Waals surface area contributed by atoms with E-state index in [0.29, 0.717) is 23.2 Å². The summed E-state index contributed by atoms with van der Waals surface area (Å²) in [6.07, 6.45) is -0.0752. The first-order valence-electron chi connectivity index (χ1n) is 6.69. The zero-order chi connectivity index (χ0) is 15.5. The number of ether oxygens (including phenoxy) is 1. The van der Waals surface area contributed by atoms with E-state index in [1.165, 1.54) is 0 Å². The molecule has 2 heterocycles. The smallest absolute Gasteiger partial charge is 0.232 e. The molecule has 7 heteroatoms. The van der Waals surface area contributed by atoms with Gasteiger partial charge in [-0.25, -0.2) is 0 Å². The number of hydrogen-bond donors (Lipinski definition) is 0.